The molecule has 0 aliphatic carbocycles. The molecule has 0 bridgehead atoms. The molecule has 2 aromatic carbocycles. The number of rotatable bonds is 3. The van der Waals surface area contributed by atoms with E-state index in [2.05, 4.69) is 19.2 Å². The van der Waals surface area contributed by atoms with Crippen molar-refractivity contribution in [2.45, 2.75) is 56.8 Å². The molecule has 7 heteroatoms. The van der Waals surface area contributed by atoms with E-state index in [9.17, 15) is 9.59 Å². The first-order chi connectivity index (χ1) is 14.5. The predicted molar refractivity (Wildman–Crippen MR) is 128 cm³/mol. The maximum Gasteiger partial charge on any atom is 0.319 e. The van der Waals surface area contributed by atoms with E-state index in [4.69, 9.17) is 11.6 Å². The van der Waals surface area contributed by atoms with E-state index in [1.165, 1.54) is 11.8 Å². The van der Waals surface area contributed by atoms with Crippen molar-refractivity contribution >= 4 is 41.0 Å². The number of hydrogen-bond acceptors (Lipinski definition) is 3. The third-order valence-electron chi connectivity index (χ3n) is 5.74. The number of hydrogen-bond donors (Lipinski definition) is 1. The summed E-state index contributed by atoms with van der Waals surface area (Å²) in [4.78, 5) is 29.8. The molecule has 2 aliphatic heterocycles. The third kappa shape index (κ3) is 3.70. The highest BCUT2D eigenvalue weighted by Gasteiger charge is 2.63. The molecular formula is C24H28ClN3O2S. The Kier molecular flexibility index (Phi) is 5.51. The van der Waals surface area contributed by atoms with Crippen molar-refractivity contribution in [3.8, 4) is 0 Å². The molecule has 0 saturated carbocycles. The highest BCUT2D eigenvalue weighted by atomic mass is 35.5. The SMILES string of the molecule is Cc1ccccc1CN1C(=O)[C@@]2(SC(C)(C)CN2C(=O)NC(C)C)c2cc(Cl)ccc21. The number of fused-ring (bicyclic) bond motifs is 2. The number of nitrogens with zero attached hydrogens (tertiary/aromatic N) is 2. The molecule has 164 valence electrons. The number of carbonyl (C=O) groups excluding carboxylic acids is 2. The zero-order chi connectivity index (χ0) is 22.6. The summed E-state index contributed by atoms with van der Waals surface area (Å²) >= 11 is 7.92. The van der Waals surface area contributed by atoms with Gasteiger partial charge in [0.15, 0.2) is 4.87 Å². The lowest BCUT2D eigenvalue weighted by atomic mass is 10.0. The summed E-state index contributed by atoms with van der Waals surface area (Å²) < 4.78 is -0.289. The van der Waals surface area contributed by atoms with E-state index < -0.39 is 4.87 Å². The molecular weight excluding hydrogens is 430 g/mol. The van der Waals surface area contributed by atoms with Crippen LogP contribution in [0.2, 0.25) is 5.02 Å². The normalized spacial score (nSPS) is 21.8. The van der Waals surface area contributed by atoms with Gasteiger partial charge in [-0.3, -0.25) is 9.69 Å². The van der Waals surface area contributed by atoms with Gasteiger partial charge in [0, 0.05) is 27.9 Å². The molecule has 31 heavy (non-hydrogen) atoms. The van der Waals surface area contributed by atoms with Crippen LogP contribution in [0.1, 0.15) is 44.4 Å². The molecule has 2 aliphatic rings. The maximum absolute atomic E-state index is 14.1. The van der Waals surface area contributed by atoms with Crippen molar-refractivity contribution in [1.29, 1.82) is 0 Å². The van der Waals surface area contributed by atoms with Crippen molar-refractivity contribution in [2.75, 3.05) is 11.4 Å². The van der Waals surface area contributed by atoms with Gasteiger partial charge in [-0.05, 0) is 63.9 Å². The van der Waals surface area contributed by atoms with Gasteiger partial charge in [0.25, 0.3) is 5.91 Å². The molecule has 5 nitrogen and oxygen atoms in total. The first-order valence-corrected chi connectivity index (χ1v) is 11.7. The maximum atomic E-state index is 14.1. The standard InChI is InChI=1S/C24H28ClN3O2S/c1-15(2)26-22(30)28-14-23(4,5)31-24(28)19-12-18(25)10-11-20(19)27(21(24)29)13-17-9-7-6-8-16(17)3/h6-12,15H,13-14H2,1-5H3,(H,26,30)/t24-/m0/s1. The fourth-order valence-electron chi connectivity index (χ4n) is 4.42. The van der Waals surface area contributed by atoms with E-state index >= 15 is 0 Å². The third-order valence-corrected chi connectivity index (χ3v) is 7.57. The summed E-state index contributed by atoms with van der Waals surface area (Å²) in [5.74, 6) is -0.0949. The molecule has 0 unspecified atom stereocenters. The summed E-state index contributed by atoms with van der Waals surface area (Å²) in [6, 6.07) is 13.3. The van der Waals surface area contributed by atoms with Crippen molar-refractivity contribution in [3.63, 3.8) is 0 Å². The van der Waals surface area contributed by atoms with Crippen LogP contribution in [0.5, 0.6) is 0 Å². The summed E-state index contributed by atoms with van der Waals surface area (Å²) in [6.45, 7) is 10.9. The lowest BCUT2D eigenvalue weighted by Gasteiger charge is -2.33. The predicted octanol–water partition coefficient (Wildman–Crippen LogP) is 5.29. The number of urea groups is 1. The minimum absolute atomic E-state index is 0.0309. The number of nitrogens with one attached hydrogen (secondary N) is 1. The topological polar surface area (TPSA) is 52.7 Å². The largest absolute Gasteiger partial charge is 0.336 e. The van der Waals surface area contributed by atoms with Gasteiger partial charge in [0.05, 0.1) is 12.2 Å². The first kappa shape index (κ1) is 22.0. The van der Waals surface area contributed by atoms with Crippen LogP contribution in [0.25, 0.3) is 0 Å². The summed E-state index contributed by atoms with van der Waals surface area (Å²) in [5.41, 5.74) is 3.80. The van der Waals surface area contributed by atoms with Crippen molar-refractivity contribution in [3.05, 3.63) is 64.2 Å². The Balaban J connectivity index is 1.85. The first-order valence-electron chi connectivity index (χ1n) is 10.5. The van der Waals surface area contributed by atoms with E-state index in [-0.39, 0.29) is 22.7 Å². The number of aryl methyl sites for hydroxylation is 1. The Hall–Kier alpha value is -2.18. The molecule has 2 heterocycles. The van der Waals surface area contributed by atoms with Gasteiger partial charge in [-0.15, -0.1) is 11.8 Å². The van der Waals surface area contributed by atoms with Crippen LogP contribution >= 0.6 is 23.4 Å². The molecule has 4 rings (SSSR count). The second-order valence-corrected chi connectivity index (χ2v) is 11.5. The molecule has 1 N–H and O–H groups in total. The fourth-order valence-corrected chi connectivity index (χ4v) is 6.31. The molecule has 0 aromatic heterocycles. The van der Waals surface area contributed by atoms with Crippen LogP contribution in [0.3, 0.4) is 0 Å². The highest BCUT2D eigenvalue weighted by Crippen LogP contribution is 2.60. The van der Waals surface area contributed by atoms with Gasteiger partial charge < -0.3 is 10.2 Å². The van der Waals surface area contributed by atoms with Gasteiger partial charge >= 0.3 is 6.03 Å². The Morgan fingerprint density at radius 1 is 1.23 bits per heavy atom. The summed E-state index contributed by atoms with van der Waals surface area (Å²) in [7, 11) is 0. The monoisotopic (exact) mass is 457 g/mol. The van der Waals surface area contributed by atoms with Crippen molar-refractivity contribution in [1.82, 2.24) is 10.2 Å². The van der Waals surface area contributed by atoms with Gasteiger partial charge in [0.2, 0.25) is 0 Å². The van der Waals surface area contributed by atoms with Gasteiger partial charge in [-0.2, -0.15) is 0 Å². The van der Waals surface area contributed by atoms with Gasteiger partial charge in [-0.25, -0.2) is 4.79 Å². The molecule has 2 aromatic rings. The van der Waals surface area contributed by atoms with E-state index in [1.54, 1.807) is 15.9 Å². The Morgan fingerprint density at radius 2 is 1.94 bits per heavy atom. The zero-order valence-corrected chi connectivity index (χ0v) is 20.1. The molecule has 1 atom stereocenters. The summed E-state index contributed by atoms with van der Waals surface area (Å²) in [6.07, 6.45) is 0. The molecule has 0 radical (unpaired) electrons. The minimum Gasteiger partial charge on any atom is -0.336 e. The average molecular weight is 458 g/mol. The average Bonchev–Trinajstić information content (AvgIpc) is 3.09. The van der Waals surface area contributed by atoms with Gasteiger partial charge in [0.1, 0.15) is 0 Å². The van der Waals surface area contributed by atoms with E-state index in [0.29, 0.717) is 18.1 Å². The fraction of sp³-hybridized carbons (Fsp3) is 0.417. The number of halogens is 1. The molecule has 3 amide bonds. The lowest BCUT2D eigenvalue weighted by molar-refractivity contribution is -0.123. The number of thioether (sulfide) groups is 1. The number of benzene rings is 2. The Bertz CT molecular complexity index is 1050. The van der Waals surface area contributed by atoms with Crippen LogP contribution in [0.15, 0.2) is 42.5 Å². The second-order valence-electron chi connectivity index (χ2n) is 9.18. The van der Waals surface area contributed by atoms with Crippen LogP contribution < -0.4 is 10.2 Å². The Labute approximate surface area is 193 Å². The number of amides is 3. The minimum atomic E-state index is -1.13. The second kappa shape index (κ2) is 7.75. The highest BCUT2D eigenvalue weighted by molar-refractivity contribution is 8.02. The quantitative estimate of drug-likeness (QED) is 0.680. The Morgan fingerprint density at radius 3 is 2.61 bits per heavy atom. The van der Waals surface area contributed by atoms with Crippen molar-refractivity contribution in [2.24, 2.45) is 0 Å². The molecule has 1 saturated heterocycles. The van der Waals surface area contributed by atoms with E-state index in [1.807, 2.05) is 57.2 Å². The summed E-state index contributed by atoms with van der Waals surface area (Å²) in [5, 5.41) is 3.54. The smallest absolute Gasteiger partial charge is 0.319 e. The van der Waals surface area contributed by atoms with Crippen LogP contribution in [-0.2, 0) is 16.2 Å². The van der Waals surface area contributed by atoms with Crippen LogP contribution in [-0.4, -0.2) is 34.2 Å². The number of carbonyl (C=O) groups is 2. The molecule has 1 spiro atoms. The number of anilines is 1. The zero-order valence-electron chi connectivity index (χ0n) is 18.5. The van der Waals surface area contributed by atoms with Crippen LogP contribution in [0.4, 0.5) is 10.5 Å². The molecule has 1 fully saturated rings. The van der Waals surface area contributed by atoms with Crippen LogP contribution in [0, 0.1) is 6.92 Å². The van der Waals surface area contributed by atoms with Crippen molar-refractivity contribution < 1.29 is 9.59 Å². The van der Waals surface area contributed by atoms with Gasteiger partial charge in [-0.1, -0.05) is 35.9 Å². The van der Waals surface area contributed by atoms with E-state index in [0.717, 1.165) is 22.4 Å². The lowest BCUT2D eigenvalue weighted by Crippen LogP contribution is -2.54.